The Kier molecular flexibility index (Phi) is 5.98. The van der Waals surface area contributed by atoms with Gasteiger partial charge in [0.2, 0.25) is 0 Å². The largest absolute Gasteiger partial charge is 0.293 e. The lowest BCUT2D eigenvalue weighted by molar-refractivity contribution is 0.102. The van der Waals surface area contributed by atoms with E-state index < -0.39 is 0 Å². The Morgan fingerprint density at radius 2 is 1.84 bits per heavy atom. The number of fused-ring (bicyclic) bond motifs is 3. The average molecular weight is 461 g/mol. The van der Waals surface area contributed by atoms with E-state index in [2.05, 4.69) is 6.92 Å². The van der Waals surface area contributed by atoms with Gasteiger partial charge in [-0.25, -0.2) is 4.98 Å². The number of nitrogens with zero attached hydrogens (tertiary/aromatic N) is 2. The number of thioether (sulfide) groups is 1. The minimum absolute atomic E-state index is 0.0140. The van der Waals surface area contributed by atoms with Gasteiger partial charge in [0.1, 0.15) is 4.83 Å². The minimum atomic E-state index is 0.0140. The molecule has 4 aromatic rings. The van der Waals surface area contributed by atoms with Gasteiger partial charge in [-0.3, -0.25) is 14.2 Å². The molecule has 1 atom stereocenters. The van der Waals surface area contributed by atoms with Gasteiger partial charge in [-0.1, -0.05) is 79.3 Å². The highest BCUT2D eigenvalue weighted by molar-refractivity contribution is 7.99. The summed E-state index contributed by atoms with van der Waals surface area (Å²) in [6.45, 7) is 2.70. The number of rotatable bonds is 6. The van der Waals surface area contributed by atoms with Crippen LogP contribution in [0.25, 0.3) is 10.2 Å². The van der Waals surface area contributed by atoms with Crippen molar-refractivity contribution in [2.45, 2.75) is 37.9 Å². The van der Waals surface area contributed by atoms with E-state index in [1.54, 1.807) is 15.9 Å². The average Bonchev–Trinajstić information content (AvgIpc) is 3.18. The number of aromatic nitrogens is 2. The van der Waals surface area contributed by atoms with E-state index in [4.69, 9.17) is 4.98 Å². The van der Waals surface area contributed by atoms with Crippen molar-refractivity contribution in [3.8, 4) is 0 Å². The van der Waals surface area contributed by atoms with E-state index in [9.17, 15) is 9.59 Å². The molecule has 6 heteroatoms. The first-order valence-corrected chi connectivity index (χ1v) is 12.7. The normalized spacial score (nSPS) is 15.6. The zero-order valence-corrected chi connectivity index (χ0v) is 19.5. The summed E-state index contributed by atoms with van der Waals surface area (Å²) < 4.78 is 1.76. The van der Waals surface area contributed by atoms with Gasteiger partial charge in [-0.05, 0) is 36.3 Å². The quantitative estimate of drug-likeness (QED) is 0.213. The molecule has 5 rings (SSSR count). The van der Waals surface area contributed by atoms with E-state index in [0.29, 0.717) is 23.2 Å². The van der Waals surface area contributed by atoms with E-state index in [0.717, 1.165) is 35.0 Å². The van der Waals surface area contributed by atoms with E-state index in [1.165, 1.54) is 22.2 Å². The number of ketones is 1. The van der Waals surface area contributed by atoms with Gasteiger partial charge in [0, 0.05) is 10.4 Å². The molecule has 4 nitrogen and oxygen atoms in total. The van der Waals surface area contributed by atoms with E-state index in [1.807, 2.05) is 60.7 Å². The highest BCUT2D eigenvalue weighted by Crippen LogP contribution is 2.36. The smallest absolute Gasteiger partial charge is 0.263 e. The summed E-state index contributed by atoms with van der Waals surface area (Å²) in [5.74, 6) is 0.870. The van der Waals surface area contributed by atoms with Crippen LogP contribution in [0, 0.1) is 5.92 Å². The zero-order chi connectivity index (χ0) is 22.1. The molecule has 0 N–H and O–H groups in total. The van der Waals surface area contributed by atoms with Gasteiger partial charge in [-0.15, -0.1) is 11.3 Å². The SMILES string of the molecule is CC1CCc2sc3nc(SCC(=O)c4ccccc4)n(Cc4ccccc4)c(=O)c3c2C1. The lowest BCUT2D eigenvalue weighted by Crippen LogP contribution is -2.25. The molecule has 0 amide bonds. The third kappa shape index (κ3) is 4.17. The van der Waals surface area contributed by atoms with Crippen LogP contribution >= 0.6 is 23.1 Å². The summed E-state index contributed by atoms with van der Waals surface area (Å²) in [6, 6.07) is 19.2. The van der Waals surface area contributed by atoms with Crippen LogP contribution in [0.4, 0.5) is 0 Å². The molecule has 1 unspecified atom stereocenters. The lowest BCUT2D eigenvalue weighted by atomic mass is 9.89. The van der Waals surface area contributed by atoms with Gasteiger partial charge < -0.3 is 0 Å². The van der Waals surface area contributed by atoms with Crippen molar-refractivity contribution < 1.29 is 4.79 Å². The fourth-order valence-electron chi connectivity index (χ4n) is 4.27. The molecule has 1 aliphatic rings. The van der Waals surface area contributed by atoms with Gasteiger partial charge in [0.05, 0.1) is 17.7 Å². The molecule has 162 valence electrons. The van der Waals surface area contributed by atoms with Crippen molar-refractivity contribution in [3.63, 3.8) is 0 Å². The van der Waals surface area contributed by atoms with Crippen LogP contribution in [0.1, 0.15) is 39.7 Å². The summed E-state index contributed by atoms with van der Waals surface area (Å²) in [7, 11) is 0. The van der Waals surface area contributed by atoms with E-state index >= 15 is 0 Å². The van der Waals surface area contributed by atoms with Crippen molar-refractivity contribution >= 4 is 39.1 Å². The number of hydrogen-bond acceptors (Lipinski definition) is 5. The third-order valence-electron chi connectivity index (χ3n) is 5.99. The standard InChI is InChI=1S/C26H24N2O2S2/c1-17-12-13-22-20(14-17)23-24(32-22)27-26(31-16-21(29)19-10-6-3-7-11-19)28(25(23)30)15-18-8-4-2-5-9-18/h2-11,17H,12-16H2,1H3. The van der Waals surface area contributed by atoms with Crippen molar-refractivity contribution in [2.24, 2.45) is 5.92 Å². The van der Waals surface area contributed by atoms with Crippen molar-refractivity contribution in [1.29, 1.82) is 0 Å². The van der Waals surface area contributed by atoms with Crippen LogP contribution in [0.3, 0.4) is 0 Å². The van der Waals surface area contributed by atoms with Crippen molar-refractivity contribution in [2.75, 3.05) is 5.75 Å². The Hall–Kier alpha value is -2.70. The second-order valence-electron chi connectivity index (χ2n) is 8.38. The summed E-state index contributed by atoms with van der Waals surface area (Å²) >= 11 is 3.01. The van der Waals surface area contributed by atoms with Gasteiger partial charge in [-0.2, -0.15) is 0 Å². The molecule has 0 saturated carbocycles. The Morgan fingerprint density at radius 3 is 2.59 bits per heavy atom. The molecule has 2 aromatic heterocycles. The van der Waals surface area contributed by atoms with Crippen LogP contribution in [0.5, 0.6) is 0 Å². The number of carbonyl (C=O) groups is 1. The Bertz CT molecular complexity index is 1330. The van der Waals surface area contributed by atoms with Crippen LogP contribution in [0.2, 0.25) is 0 Å². The molecule has 32 heavy (non-hydrogen) atoms. The molecule has 1 aliphatic carbocycles. The van der Waals surface area contributed by atoms with Crippen LogP contribution in [-0.2, 0) is 19.4 Å². The van der Waals surface area contributed by atoms with Crippen LogP contribution in [0.15, 0.2) is 70.6 Å². The fraction of sp³-hybridized carbons (Fsp3) is 0.269. The molecule has 2 aromatic carbocycles. The van der Waals surface area contributed by atoms with Gasteiger partial charge in [0.25, 0.3) is 5.56 Å². The van der Waals surface area contributed by atoms with Gasteiger partial charge >= 0.3 is 0 Å². The second kappa shape index (κ2) is 9.04. The molecular weight excluding hydrogens is 436 g/mol. The molecule has 0 fully saturated rings. The van der Waals surface area contributed by atoms with Crippen LogP contribution in [-0.4, -0.2) is 21.1 Å². The number of aryl methyl sites for hydroxylation is 1. The Balaban J connectivity index is 1.56. The highest BCUT2D eigenvalue weighted by Gasteiger charge is 2.25. The summed E-state index contributed by atoms with van der Waals surface area (Å²) in [5.41, 5.74) is 2.93. The summed E-state index contributed by atoms with van der Waals surface area (Å²) in [6.07, 6.45) is 3.12. The molecule has 0 aliphatic heterocycles. The number of benzene rings is 2. The third-order valence-corrected chi connectivity index (χ3v) is 8.15. The zero-order valence-electron chi connectivity index (χ0n) is 17.9. The minimum Gasteiger partial charge on any atom is -0.293 e. The highest BCUT2D eigenvalue weighted by atomic mass is 32.2. The molecular formula is C26H24N2O2S2. The predicted octanol–water partition coefficient (Wildman–Crippen LogP) is 5.61. The summed E-state index contributed by atoms with van der Waals surface area (Å²) in [4.78, 5) is 33.5. The maximum absolute atomic E-state index is 13.7. The first-order valence-electron chi connectivity index (χ1n) is 10.9. The first-order chi connectivity index (χ1) is 15.6. The molecule has 0 spiro atoms. The fourth-order valence-corrected chi connectivity index (χ4v) is 6.42. The van der Waals surface area contributed by atoms with Crippen molar-refractivity contribution in [3.05, 3.63) is 92.6 Å². The number of Topliss-reactive ketones (excluding diaryl/α,β-unsaturated/α-hetero) is 1. The second-order valence-corrected chi connectivity index (χ2v) is 10.4. The molecule has 0 saturated heterocycles. The van der Waals surface area contributed by atoms with Crippen molar-refractivity contribution in [1.82, 2.24) is 9.55 Å². The molecule has 0 radical (unpaired) electrons. The first kappa shape index (κ1) is 21.2. The van der Waals surface area contributed by atoms with E-state index in [-0.39, 0.29) is 17.1 Å². The lowest BCUT2D eigenvalue weighted by Gasteiger charge is -2.18. The Labute approximate surface area is 195 Å². The summed E-state index contributed by atoms with van der Waals surface area (Å²) in [5, 5.41) is 1.40. The monoisotopic (exact) mass is 460 g/mol. The number of hydrogen-bond donors (Lipinski definition) is 0. The molecule has 2 heterocycles. The predicted molar refractivity (Wildman–Crippen MR) is 132 cm³/mol. The number of thiophene rings is 1. The molecule has 0 bridgehead atoms. The topological polar surface area (TPSA) is 52.0 Å². The van der Waals surface area contributed by atoms with Gasteiger partial charge in [0.15, 0.2) is 10.9 Å². The maximum Gasteiger partial charge on any atom is 0.263 e. The van der Waals surface area contributed by atoms with Crippen LogP contribution < -0.4 is 5.56 Å². The number of carbonyl (C=O) groups excluding carboxylic acids is 1. The Morgan fingerprint density at radius 1 is 1.12 bits per heavy atom. The maximum atomic E-state index is 13.7.